The average molecular weight is 535 g/mol. The van der Waals surface area contributed by atoms with E-state index in [1.807, 2.05) is 48.5 Å². The molecule has 38 heavy (non-hydrogen) atoms. The molecule has 1 atom stereocenters. The second-order valence-electron chi connectivity index (χ2n) is 8.71. The van der Waals surface area contributed by atoms with Gasteiger partial charge in [-0.15, -0.1) is 0 Å². The number of aliphatic hydroxyl groups excluding tert-OH is 1. The summed E-state index contributed by atoms with van der Waals surface area (Å²) < 4.78 is 18.6. The predicted octanol–water partition coefficient (Wildman–Crippen LogP) is 5.94. The number of aromatic nitrogens is 1. The Bertz CT molecular complexity index is 1370. The van der Waals surface area contributed by atoms with Crippen molar-refractivity contribution in [3.05, 3.63) is 101 Å². The van der Waals surface area contributed by atoms with E-state index >= 15 is 0 Å². The lowest BCUT2D eigenvalue weighted by atomic mass is 10.0. The summed E-state index contributed by atoms with van der Waals surface area (Å²) in [5.41, 5.74) is 3.88. The van der Waals surface area contributed by atoms with Crippen LogP contribution >= 0.6 is 11.6 Å². The highest BCUT2D eigenvalue weighted by molar-refractivity contribution is 6.30. The summed E-state index contributed by atoms with van der Waals surface area (Å²) >= 11 is 5.99. The minimum Gasteiger partial charge on any atom is -0.438 e. The van der Waals surface area contributed by atoms with Gasteiger partial charge in [0.2, 0.25) is 5.89 Å². The maximum Gasteiger partial charge on any atom is 0.251 e. The highest BCUT2D eigenvalue weighted by Gasteiger charge is 2.21. The molecule has 4 N–H and O–H groups in total. The molecule has 0 saturated carbocycles. The number of oxazole rings is 1. The van der Waals surface area contributed by atoms with Crippen molar-refractivity contribution in [2.75, 3.05) is 13.2 Å². The fraction of sp³-hybridized carbons (Fsp3) is 0.207. The Balaban J connectivity index is 1.52. The molecule has 7 nitrogen and oxygen atoms in total. The first kappa shape index (κ1) is 27.0. The topological polar surface area (TPSA) is 111 Å². The van der Waals surface area contributed by atoms with E-state index in [0.717, 1.165) is 22.3 Å². The Kier molecular flexibility index (Phi) is 9.24. The molecule has 0 aliphatic rings. The van der Waals surface area contributed by atoms with E-state index in [0.29, 0.717) is 41.6 Å². The highest BCUT2D eigenvalue weighted by atomic mass is 35.5. The van der Waals surface area contributed by atoms with E-state index in [1.165, 1.54) is 0 Å². The molecule has 4 rings (SSSR count). The molecular weight excluding hydrogens is 507 g/mol. The van der Waals surface area contributed by atoms with Gasteiger partial charge in [-0.05, 0) is 65.9 Å². The number of nitrogens with zero attached hydrogens (tertiary/aromatic N) is 1. The van der Waals surface area contributed by atoms with E-state index in [4.69, 9.17) is 21.4 Å². The van der Waals surface area contributed by atoms with Crippen molar-refractivity contribution in [2.45, 2.75) is 25.5 Å². The fourth-order valence-corrected chi connectivity index (χ4v) is 4.06. The number of alkyl halides is 1. The van der Waals surface area contributed by atoms with Crippen molar-refractivity contribution in [2.24, 2.45) is 0 Å². The van der Waals surface area contributed by atoms with Crippen LogP contribution in [0.5, 0.6) is 0 Å². The Hall–Kier alpha value is -4.01. The summed E-state index contributed by atoms with van der Waals surface area (Å²) in [6.45, 7) is -0.516. The van der Waals surface area contributed by atoms with Crippen molar-refractivity contribution in [1.29, 1.82) is 5.41 Å². The zero-order chi connectivity index (χ0) is 26.9. The number of amidine groups is 1. The van der Waals surface area contributed by atoms with Gasteiger partial charge in [-0.3, -0.25) is 10.2 Å². The lowest BCUT2D eigenvalue weighted by molar-refractivity contribution is 0.0927. The molecule has 3 aromatic carbocycles. The Morgan fingerprint density at radius 2 is 1.79 bits per heavy atom. The van der Waals surface area contributed by atoms with Crippen LogP contribution in [-0.4, -0.2) is 35.1 Å². The van der Waals surface area contributed by atoms with Gasteiger partial charge in [0.05, 0.1) is 12.8 Å². The standard InChI is InChI=1S/C29H28ClFN4O3/c30-24-12-10-21(11-13-24)26-17-34-29(38-26)25(5-2-14-33-27(32)16-31)35-28(37)23-4-1-3-22(15-23)20-8-6-19(18-36)7-9-20/h1,3-4,6-13,15,17,25,36H,2,5,14,16,18H2,(H2,32,33)(H,35,37)/t25-/m0/s1. The largest absolute Gasteiger partial charge is 0.438 e. The number of nitrogens with one attached hydrogen (secondary N) is 3. The molecule has 4 aromatic rings. The summed E-state index contributed by atoms with van der Waals surface area (Å²) in [6.07, 6.45) is 2.61. The van der Waals surface area contributed by atoms with E-state index in [-0.39, 0.29) is 18.3 Å². The molecule has 9 heteroatoms. The van der Waals surface area contributed by atoms with Crippen LogP contribution in [0, 0.1) is 5.41 Å². The Morgan fingerprint density at radius 3 is 2.50 bits per heavy atom. The molecule has 0 radical (unpaired) electrons. The van der Waals surface area contributed by atoms with Crippen LogP contribution in [0.2, 0.25) is 5.02 Å². The van der Waals surface area contributed by atoms with E-state index in [2.05, 4.69) is 15.6 Å². The smallest absolute Gasteiger partial charge is 0.251 e. The van der Waals surface area contributed by atoms with Gasteiger partial charge in [0.15, 0.2) is 5.76 Å². The summed E-state index contributed by atoms with van der Waals surface area (Å²) in [5.74, 6) is 0.413. The van der Waals surface area contributed by atoms with Gasteiger partial charge in [-0.1, -0.05) is 48.0 Å². The fourth-order valence-electron chi connectivity index (χ4n) is 3.93. The highest BCUT2D eigenvalue weighted by Crippen LogP contribution is 2.27. The third-order valence-electron chi connectivity index (χ3n) is 5.99. The van der Waals surface area contributed by atoms with Crippen LogP contribution < -0.4 is 10.6 Å². The second kappa shape index (κ2) is 13.0. The normalized spacial score (nSPS) is 11.7. The molecule has 0 aliphatic carbocycles. The molecule has 0 unspecified atom stereocenters. The zero-order valence-electron chi connectivity index (χ0n) is 20.6. The average Bonchev–Trinajstić information content (AvgIpc) is 3.45. The number of hydrogen-bond acceptors (Lipinski definition) is 5. The lowest BCUT2D eigenvalue weighted by Crippen LogP contribution is -2.30. The monoisotopic (exact) mass is 534 g/mol. The molecular formula is C29H28ClFN4O3. The minimum atomic E-state index is -0.858. The summed E-state index contributed by atoms with van der Waals surface area (Å²) in [7, 11) is 0. The molecule has 0 aliphatic heterocycles. The van der Waals surface area contributed by atoms with Crippen LogP contribution in [0.4, 0.5) is 4.39 Å². The minimum absolute atomic E-state index is 0.0326. The number of rotatable bonds is 11. The van der Waals surface area contributed by atoms with Gasteiger partial charge in [0.1, 0.15) is 18.6 Å². The predicted molar refractivity (Wildman–Crippen MR) is 146 cm³/mol. The van der Waals surface area contributed by atoms with Gasteiger partial charge in [0.25, 0.3) is 5.91 Å². The van der Waals surface area contributed by atoms with Gasteiger partial charge < -0.3 is 20.2 Å². The van der Waals surface area contributed by atoms with Gasteiger partial charge in [-0.2, -0.15) is 0 Å². The summed E-state index contributed by atoms with van der Waals surface area (Å²) in [4.78, 5) is 17.7. The molecule has 0 bridgehead atoms. The first-order valence-corrected chi connectivity index (χ1v) is 12.5. The molecule has 1 aromatic heterocycles. The third kappa shape index (κ3) is 7.06. The second-order valence-corrected chi connectivity index (χ2v) is 9.15. The molecule has 196 valence electrons. The third-order valence-corrected chi connectivity index (χ3v) is 6.24. The zero-order valence-corrected chi connectivity index (χ0v) is 21.3. The molecule has 1 amide bonds. The molecule has 0 fully saturated rings. The van der Waals surface area contributed by atoms with Crippen LogP contribution in [-0.2, 0) is 6.61 Å². The SMILES string of the molecule is N=C(CF)NCCC[C@H](NC(=O)c1cccc(-c2ccc(CO)cc2)c1)c1ncc(-c2ccc(Cl)cc2)o1. The Morgan fingerprint density at radius 1 is 1.05 bits per heavy atom. The number of benzene rings is 3. The van der Waals surface area contributed by atoms with Crippen LogP contribution in [0.1, 0.15) is 40.7 Å². The number of hydrogen-bond donors (Lipinski definition) is 4. The van der Waals surface area contributed by atoms with Crippen LogP contribution in [0.15, 0.2) is 83.4 Å². The maximum absolute atomic E-state index is 13.3. The van der Waals surface area contributed by atoms with Crippen molar-refractivity contribution in [3.63, 3.8) is 0 Å². The first-order chi connectivity index (χ1) is 18.5. The van der Waals surface area contributed by atoms with Gasteiger partial charge in [0, 0.05) is 22.7 Å². The number of carbonyl (C=O) groups is 1. The first-order valence-electron chi connectivity index (χ1n) is 12.2. The molecule has 0 spiro atoms. The van der Waals surface area contributed by atoms with Crippen LogP contribution in [0.25, 0.3) is 22.5 Å². The summed E-state index contributed by atoms with van der Waals surface area (Å²) in [5, 5.41) is 23.1. The molecule has 1 heterocycles. The van der Waals surface area contributed by atoms with Crippen molar-refractivity contribution >= 4 is 23.3 Å². The maximum atomic E-state index is 13.3. The van der Waals surface area contributed by atoms with E-state index in [9.17, 15) is 14.3 Å². The van der Waals surface area contributed by atoms with Crippen molar-refractivity contribution in [3.8, 4) is 22.5 Å². The summed E-state index contributed by atoms with van der Waals surface area (Å²) in [6, 6.07) is 21.4. The lowest BCUT2D eigenvalue weighted by Gasteiger charge is -2.17. The van der Waals surface area contributed by atoms with Gasteiger partial charge >= 0.3 is 0 Å². The van der Waals surface area contributed by atoms with E-state index in [1.54, 1.807) is 30.5 Å². The number of aliphatic hydroxyl groups is 1. The van der Waals surface area contributed by atoms with Crippen molar-refractivity contribution < 1.29 is 18.7 Å². The quantitative estimate of drug-likeness (QED) is 0.108. The number of amides is 1. The van der Waals surface area contributed by atoms with Crippen molar-refractivity contribution in [1.82, 2.24) is 15.6 Å². The molecule has 0 saturated heterocycles. The van der Waals surface area contributed by atoms with Crippen LogP contribution in [0.3, 0.4) is 0 Å². The number of carbonyl (C=O) groups excluding carboxylic acids is 1. The van der Waals surface area contributed by atoms with E-state index < -0.39 is 12.7 Å². The Labute approximate surface area is 225 Å². The number of halogens is 2. The van der Waals surface area contributed by atoms with Gasteiger partial charge in [-0.25, -0.2) is 9.37 Å².